The van der Waals surface area contributed by atoms with Crippen LogP contribution in [-0.4, -0.2) is 38.1 Å². The number of methoxy groups -OCH3 is 2. The molecule has 0 saturated carbocycles. The van der Waals surface area contributed by atoms with Crippen LogP contribution in [0, 0.1) is 28.1 Å². The van der Waals surface area contributed by atoms with Gasteiger partial charge >= 0.3 is 0 Å². The van der Waals surface area contributed by atoms with Crippen molar-refractivity contribution in [3.8, 4) is 23.6 Å². The van der Waals surface area contributed by atoms with Crippen LogP contribution in [0.1, 0.15) is 49.3 Å². The predicted octanol–water partition coefficient (Wildman–Crippen LogP) is 5.18. The number of nitriles is 2. The molecule has 4 rings (SSSR count). The first-order valence-electron chi connectivity index (χ1n) is 12.6. The summed E-state index contributed by atoms with van der Waals surface area (Å²) < 4.78 is 16.9. The van der Waals surface area contributed by atoms with Crippen LogP contribution >= 0.6 is 11.6 Å². The van der Waals surface area contributed by atoms with Crippen molar-refractivity contribution < 1.29 is 19.0 Å². The number of rotatable bonds is 8. The van der Waals surface area contributed by atoms with E-state index in [1.807, 2.05) is 30.9 Å². The second-order valence-corrected chi connectivity index (χ2v) is 10.8. The number of hydrogen-bond acceptors (Lipinski definition) is 8. The van der Waals surface area contributed by atoms with Gasteiger partial charge < -0.3 is 24.8 Å². The zero-order valence-electron chi connectivity index (χ0n) is 22.5. The van der Waals surface area contributed by atoms with Crippen LogP contribution in [0.15, 0.2) is 59.1 Å². The summed E-state index contributed by atoms with van der Waals surface area (Å²) in [6, 6.07) is 15.0. The minimum absolute atomic E-state index is 0.0301. The van der Waals surface area contributed by atoms with Gasteiger partial charge in [0.1, 0.15) is 12.4 Å². The van der Waals surface area contributed by atoms with Crippen LogP contribution in [0.4, 0.5) is 0 Å². The smallest absolute Gasteiger partial charge is 0.180 e. The molecule has 0 aromatic heterocycles. The molecule has 0 saturated heterocycles. The molecule has 0 fully saturated rings. The lowest BCUT2D eigenvalue weighted by molar-refractivity contribution is -0.118. The number of carbonyl (C=O) groups excluding carboxylic acids is 1. The highest BCUT2D eigenvalue weighted by atomic mass is 35.5. The highest BCUT2D eigenvalue weighted by Crippen LogP contribution is 2.50. The average Bonchev–Trinajstić information content (AvgIpc) is 2.90. The van der Waals surface area contributed by atoms with Gasteiger partial charge in [-0.15, -0.1) is 0 Å². The van der Waals surface area contributed by atoms with Crippen LogP contribution in [0.5, 0.6) is 11.5 Å². The normalized spacial score (nSPS) is 18.4. The zero-order chi connectivity index (χ0) is 28.3. The minimum Gasteiger partial charge on any atom is -0.493 e. The molecule has 1 aliphatic carbocycles. The van der Waals surface area contributed by atoms with E-state index in [1.54, 1.807) is 31.4 Å². The fourth-order valence-corrected chi connectivity index (χ4v) is 5.57. The summed E-state index contributed by atoms with van der Waals surface area (Å²) in [4.78, 5) is 15.5. The molecule has 202 valence electrons. The van der Waals surface area contributed by atoms with Crippen LogP contribution in [0.3, 0.4) is 0 Å². The van der Waals surface area contributed by atoms with Gasteiger partial charge in [-0.05, 0) is 35.6 Å². The van der Waals surface area contributed by atoms with Crippen molar-refractivity contribution in [1.29, 1.82) is 10.5 Å². The molecule has 39 heavy (non-hydrogen) atoms. The van der Waals surface area contributed by atoms with Gasteiger partial charge in [0.2, 0.25) is 0 Å². The first-order chi connectivity index (χ1) is 18.6. The largest absolute Gasteiger partial charge is 0.493 e. The Labute approximate surface area is 233 Å². The highest BCUT2D eigenvalue weighted by molar-refractivity contribution is 6.32. The molecule has 2 aliphatic rings. The monoisotopic (exact) mass is 546 g/mol. The Morgan fingerprint density at radius 3 is 2.56 bits per heavy atom. The predicted molar refractivity (Wildman–Crippen MR) is 147 cm³/mol. The maximum Gasteiger partial charge on any atom is 0.180 e. The van der Waals surface area contributed by atoms with E-state index >= 15 is 0 Å². The molecular weight excluding hydrogens is 516 g/mol. The lowest BCUT2D eigenvalue weighted by atomic mass is 9.68. The third-order valence-corrected chi connectivity index (χ3v) is 7.38. The minimum atomic E-state index is -0.702. The highest BCUT2D eigenvalue weighted by Gasteiger charge is 2.44. The molecule has 1 atom stereocenters. The summed E-state index contributed by atoms with van der Waals surface area (Å²) in [5.41, 5.74) is 9.76. The number of nitrogens with two attached hydrogens (primary N) is 1. The standard InChI is InChI=1S/C30H31ClN4O4/c1-30(2)13-23-27(24(36)14-30)26(21(16-33)29(34)35(23)9-10-37-3)20-11-22(31)28(25(12-20)38-4)39-17-19-8-6-5-7-18(19)15-32/h5-8,11-12,26H,9-10,13-14,17,34H2,1-4H3/t26-/m1/s1. The van der Waals surface area contributed by atoms with E-state index in [1.165, 1.54) is 7.11 Å². The molecule has 0 amide bonds. The zero-order valence-corrected chi connectivity index (χ0v) is 23.3. The Bertz CT molecular complexity index is 1450. The van der Waals surface area contributed by atoms with Gasteiger partial charge in [0.05, 0.1) is 47.9 Å². The van der Waals surface area contributed by atoms with Crippen LogP contribution < -0.4 is 15.2 Å². The molecular formula is C30H31ClN4O4. The van der Waals surface area contributed by atoms with E-state index in [0.29, 0.717) is 65.6 Å². The lowest BCUT2D eigenvalue weighted by Gasteiger charge is -2.43. The van der Waals surface area contributed by atoms with E-state index in [-0.39, 0.29) is 28.4 Å². The molecule has 0 bridgehead atoms. The molecule has 1 aliphatic heterocycles. The third kappa shape index (κ3) is 5.45. The third-order valence-electron chi connectivity index (χ3n) is 7.10. The first-order valence-corrected chi connectivity index (χ1v) is 12.9. The first kappa shape index (κ1) is 28.0. The molecule has 0 unspecified atom stereocenters. The lowest BCUT2D eigenvalue weighted by Crippen LogP contribution is -2.43. The maximum atomic E-state index is 13.6. The number of benzene rings is 2. The number of halogens is 1. The van der Waals surface area contributed by atoms with E-state index in [4.69, 9.17) is 31.5 Å². The maximum absolute atomic E-state index is 13.6. The van der Waals surface area contributed by atoms with Crippen LogP contribution in [-0.2, 0) is 16.1 Å². The van der Waals surface area contributed by atoms with Crippen molar-refractivity contribution in [2.75, 3.05) is 27.4 Å². The van der Waals surface area contributed by atoms with Gasteiger partial charge in [0.25, 0.3) is 0 Å². The molecule has 1 heterocycles. The summed E-state index contributed by atoms with van der Waals surface area (Å²) in [6.07, 6.45) is 0.974. The van der Waals surface area contributed by atoms with Crippen molar-refractivity contribution in [2.45, 2.75) is 39.2 Å². The van der Waals surface area contributed by atoms with Crippen molar-refractivity contribution in [2.24, 2.45) is 11.1 Å². The summed E-state index contributed by atoms with van der Waals surface area (Å²) in [7, 11) is 3.09. The molecule has 2 N–H and O–H groups in total. The Balaban J connectivity index is 1.81. The fourth-order valence-electron chi connectivity index (χ4n) is 5.30. The average molecular weight is 547 g/mol. The number of nitrogens with zero attached hydrogens (tertiary/aromatic N) is 3. The van der Waals surface area contributed by atoms with Gasteiger partial charge in [-0.3, -0.25) is 4.79 Å². The van der Waals surface area contributed by atoms with E-state index in [0.717, 1.165) is 5.70 Å². The number of ketones is 1. The summed E-state index contributed by atoms with van der Waals surface area (Å²) in [5.74, 6) is 0.209. The van der Waals surface area contributed by atoms with E-state index in [9.17, 15) is 15.3 Å². The van der Waals surface area contributed by atoms with Gasteiger partial charge in [-0.2, -0.15) is 10.5 Å². The van der Waals surface area contributed by atoms with Gasteiger partial charge in [-0.1, -0.05) is 43.6 Å². The van der Waals surface area contributed by atoms with Gasteiger partial charge in [0, 0.05) is 36.9 Å². The second-order valence-electron chi connectivity index (χ2n) is 10.4. The number of allylic oxidation sites excluding steroid dienone is 3. The van der Waals surface area contributed by atoms with E-state index < -0.39 is 5.92 Å². The van der Waals surface area contributed by atoms with Crippen molar-refractivity contribution in [1.82, 2.24) is 4.90 Å². The Morgan fingerprint density at radius 2 is 1.90 bits per heavy atom. The molecule has 2 aromatic rings. The summed E-state index contributed by atoms with van der Waals surface area (Å²) in [6.45, 7) is 5.01. The summed E-state index contributed by atoms with van der Waals surface area (Å²) >= 11 is 6.73. The topological polar surface area (TPSA) is 122 Å². The van der Waals surface area contributed by atoms with Crippen molar-refractivity contribution in [3.63, 3.8) is 0 Å². The Hall–Kier alpha value is -3.98. The molecule has 0 radical (unpaired) electrons. The van der Waals surface area contributed by atoms with Gasteiger partial charge in [-0.25, -0.2) is 0 Å². The number of hydrogen-bond donors (Lipinski definition) is 1. The summed E-state index contributed by atoms with van der Waals surface area (Å²) in [5, 5.41) is 19.9. The van der Waals surface area contributed by atoms with Crippen molar-refractivity contribution in [3.05, 3.63) is 80.8 Å². The Morgan fingerprint density at radius 1 is 1.15 bits per heavy atom. The molecule has 8 nitrogen and oxygen atoms in total. The van der Waals surface area contributed by atoms with E-state index in [2.05, 4.69) is 12.1 Å². The second kappa shape index (κ2) is 11.4. The molecule has 2 aromatic carbocycles. The molecule has 9 heteroatoms. The van der Waals surface area contributed by atoms with Crippen molar-refractivity contribution >= 4 is 17.4 Å². The Kier molecular flexibility index (Phi) is 8.20. The SMILES string of the molecule is COCCN1C(N)=C(C#N)[C@@H](c2cc(Cl)c(OCc3ccccc3C#N)c(OC)c2)C2=C1CC(C)(C)CC2=O. The van der Waals surface area contributed by atoms with Crippen LogP contribution in [0.2, 0.25) is 5.02 Å². The number of ether oxygens (including phenoxy) is 3. The van der Waals surface area contributed by atoms with Crippen LogP contribution in [0.25, 0.3) is 0 Å². The molecule has 0 spiro atoms. The fraction of sp³-hybridized carbons (Fsp3) is 0.367. The number of carbonyl (C=O) groups is 1. The quantitative estimate of drug-likeness (QED) is 0.480. The van der Waals surface area contributed by atoms with Gasteiger partial charge in [0.15, 0.2) is 17.3 Å². The number of Topliss-reactive ketones (excluding diaryl/α,β-unsaturated/α-hetero) is 1.